The molecule has 1 aliphatic carbocycles. The van der Waals surface area contributed by atoms with Crippen LogP contribution in [0.3, 0.4) is 0 Å². The van der Waals surface area contributed by atoms with Crippen LogP contribution in [0.2, 0.25) is 5.02 Å². The SMILES string of the molecule is Fc1ccc(Cl)cc1Nc1cc(-c2ccccc2)nc(NC2CC2)n1. The van der Waals surface area contributed by atoms with Gasteiger partial charge in [-0.05, 0) is 31.0 Å². The monoisotopic (exact) mass is 354 g/mol. The van der Waals surface area contributed by atoms with Crippen LogP contribution in [0.4, 0.5) is 21.8 Å². The lowest BCUT2D eigenvalue weighted by molar-refractivity contribution is 0.632. The zero-order valence-electron chi connectivity index (χ0n) is 13.3. The van der Waals surface area contributed by atoms with Crippen LogP contribution in [0, 0.1) is 5.82 Å². The van der Waals surface area contributed by atoms with Gasteiger partial charge in [-0.2, -0.15) is 4.98 Å². The quantitative estimate of drug-likeness (QED) is 0.656. The molecule has 1 aromatic heterocycles. The Labute approximate surface area is 150 Å². The Morgan fingerprint density at radius 3 is 2.56 bits per heavy atom. The second kappa shape index (κ2) is 6.69. The van der Waals surface area contributed by atoms with Gasteiger partial charge in [-0.25, -0.2) is 9.37 Å². The van der Waals surface area contributed by atoms with Gasteiger partial charge in [-0.1, -0.05) is 41.9 Å². The van der Waals surface area contributed by atoms with Crippen molar-refractivity contribution >= 4 is 29.1 Å². The summed E-state index contributed by atoms with van der Waals surface area (Å²) in [6.07, 6.45) is 2.23. The molecule has 0 bridgehead atoms. The average molecular weight is 355 g/mol. The third-order valence-corrected chi connectivity index (χ3v) is 4.13. The van der Waals surface area contributed by atoms with Crippen molar-refractivity contribution in [2.75, 3.05) is 10.6 Å². The average Bonchev–Trinajstić information content (AvgIpc) is 3.43. The standard InChI is InChI=1S/C19H16ClFN4/c20-13-6-9-15(21)17(10-13)23-18-11-16(12-4-2-1-3-5-12)24-19(25-18)22-14-7-8-14/h1-6,9-11,14H,7-8H2,(H2,22,23,24,25). The Balaban J connectivity index is 1.71. The van der Waals surface area contributed by atoms with Gasteiger partial charge in [-0.3, -0.25) is 0 Å². The Morgan fingerprint density at radius 1 is 1.00 bits per heavy atom. The lowest BCUT2D eigenvalue weighted by atomic mass is 10.1. The third-order valence-electron chi connectivity index (χ3n) is 3.90. The van der Waals surface area contributed by atoms with Gasteiger partial charge in [0, 0.05) is 22.7 Å². The molecule has 4 rings (SSSR count). The Kier molecular flexibility index (Phi) is 4.24. The molecule has 0 aliphatic heterocycles. The van der Waals surface area contributed by atoms with Crippen LogP contribution in [-0.2, 0) is 0 Å². The summed E-state index contributed by atoms with van der Waals surface area (Å²) >= 11 is 5.97. The lowest BCUT2D eigenvalue weighted by Gasteiger charge is -2.12. The van der Waals surface area contributed by atoms with Gasteiger partial charge < -0.3 is 10.6 Å². The van der Waals surface area contributed by atoms with Crippen LogP contribution in [0.25, 0.3) is 11.3 Å². The van der Waals surface area contributed by atoms with Crippen molar-refractivity contribution in [1.29, 1.82) is 0 Å². The summed E-state index contributed by atoms with van der Waals surface area (Å²) in [5.41, 5.74) is 2.02. The van der Waals surface area contributed by atoms with Crippen LogP contribution in [0.15, 0.2) is 54.6 Å². The van der Waals surface area contributed by atoms with E-state index in [0.29, 0.717) is 22.8 Å². The second-order valence-corrected chi connectivity index (χ2v) is 6.43. The van der Waals surface area contributed by atoms with Gasteiger partial charge >= 0.3 is 0 Å². The van der Waals surface area contributed by atoms with E-state index in [1.807, 2.05) is 30.3 Å². The van der Waals surface area contributed by atoms with Gasteiger partial charge in [-0.15, -0.1) is 0 Å². The zero-order valence-corrected chi connectivity index (χ0v) is 14.1. The Bertz CT molecular complexity index is 897. The van der Waals surface area contributed by atoms with Gasteiger partial charge in [0.05, 0.1) is 11.4 Å². The minimum absolute atomic E-state index is 0.280. The highest BCUT2D eigenvalue weighted by atomic mass is 35.5. The molecule has 1 aliphatic rings. The molecule has 4 nitrogen and oxygen atoms in total. The fraction of sp³-hybridized carbons (Fsp3) is 0.158. The Morgan fingerprint density at radius 2 is 1.80 bits per heavy atom. The van der Waals surface area contributed by atoms with E-state index in [0.717, 1.165) is 24.1 Å². The summed E-state index contributed by atoms with van der Waals surface area (Å²) in [7, 11) is 0. The molecule has 2 N–H and O–H groups in total. The molecule has 0 saturated heterocycles. The normalized spacial score (nSPS) is 13.5. The minimum Gasteiger partial charge on any atom is -0.351 e. The van der Waals surface area contributed by atoms with E-state index >= 15 is 0 Å². The molecule has 3 aromatic rings. The minimum atomic E-state index is -0.388. The zero-order chi connectivity index (χ0) is 17.2. The molecule has 0 spiro atoms. The van der Waals surface area contributed by atoms with Crippen LogP contribution in [0.1, 0.15) is 12.8 Å². The van der Waals surface area contributed by atoms with Crippen LogP contribution < -0.4 is 10.6 Å². The van der Waals surface area contributed by atoms with Crippen LogP contribution in [0.5, 0.6) is 0 Å². The highest BCUT2D eigenvalue weighted by Gasteiger charge is 2.22. The van der Waals surface area contributed by atoms with Crippen molar-refractivity contribution in [3.05, 3.63) is 65.4 Å². The maximum absolute atomic E-state index is 14.0. The van der Waals surface area contributed by atoms with E-state index in [2.05, 4.69) is 20.6 Å². The number of nitrogens with zero attached hydrogens (tertiary/aromatic N) is 2. The fourth-order valence-electron chi connectivity index (χ4n) is 2.47. The highest BCUT2D eigenvalue weighted by Crippen LogP contribution is 2.28. The summed E-state index contributed by atoms with van der Waals surface area (Å²) in [4.78, 5) is 9.05. The first kappa shape index (κ1) is 15.8. The molecule has 2 aromatic carbocycles. The van der Waals surface area contributed by atoms with Gasteiger partial charge in [0.1, 0.15) is 11.6 Å². The molecular formula is C19H16ClFN4. The maximum Gasteiger partial charge on any atom is 0.225 e. The predicted octanol–water partition coefficient (Wildman–Crippen LogP) is 5.25. The molecule has 126 valence electrons. The molecule has 6 heteroatoms. The van der Waals surface area contributed by atoms with Crippen molar-refractivity contribution in [3.8, 4) is 11.3 Å². The molecule has 0 unspecified atom stereocenters. The lowest BCUT2D eigenvalue weighted by Crippen LogP contribution is -2.08. The fourth-order valence-corrected chi connectivity index (χ4v) is 2.65. The Hall–Kier alpha value is -2.66. The van der Waals surface area contributed by atoms with E-state index in [1.54, 1.807) is 6.07 Å². The molecular weight excluding hydrogens is 339 g/mol. The van der Waals surface area contributed by atoms with E-state index in [1.165, 1.54) is 18.2 Å². The van der Waals surface area contributed by atoms with Crippen molar-refractivity contribution in [2.24, 2.45) is 0 Å². The van der Waals surface area contributed by atoms with Gasteiger partial charge in [0.25, 0.3) is 0 Å². The van der Waals surface area contributed by atoms with Crippen LogP contribution in [-0.4, -0.2) is 16.0 Å². The van der Waals surface area contributed by atoms with Crippen molar-refractivity contribution < 1.29 is 4.39 Å². The van der Waals surface area contributed by atoms with E-state index in [9.17, 15) is 4.39 Å². The van der Waals surface area contributed by atoms with E-state index in [-0.39, 0.29) is 11.5 Å². The van der Waals surface area contributed by atoms with Crippen molar-refractivity contribution in [1.82, 2.24) is 9.97 Å². The molecule has 0 radical (unpaired) electrons. The first-order chi connectivity index (χ1) is 12.2. The number of anilines is 3. The summed E-state index contributed by atoms with van der Waals surface area (Å²) in [6.45, 7) is 0. The van der Waals surface area contributed by atoms with Crippen molar-refractivity contribution in [2.45, 2.75) is 18.9 Å². The number of hydrogen-bond donors (Lipinski definition) is 2. The third kappa shape index (κ3) is 3.88. The molecule has 1 fully saturated rings. The number of rotatable bonds is 5. The number of nitrogens with one attached hydrogen (secondary N) is 2. The predicted molar refractivity (Wildman–Crippen MR) is 98.8 cm³/mol. The topological polar surface area (TPSA) is 49.8 Å². The van der Waals surface area contributed by atoms with Gasteiger partial charge in [0.15, 0.2) is 0 Å². The summed E-state index contributed by atoms with van der Waals surface area (Å²) in [5, 5.41) is 6.76. The molecule has 25 heavy (non-hydrogen) atoms. The highest BCUT2D eigenvalue weighted by molar-refractivity contribution is 6.30. The molecule has 1 saturated carbocycles. The molecule has 0 amide bonds. The van der Waals surface area contributed by atoms with E-state index in [4.69, 9.17) is 11.6 Å². The van der Waals surface area contributed by atoms with Crippen molar-refractivity contribution in [3.63, 3.8) is 0 Å². The summed E-state index contributed by atoms with van der Waals surface area (Å²) < 4.78 is 14.0. The summed E-state index contributed by atoms with van der Waals surface area (Å²) in [6, 6.07) is 16.4. The van der Waals surface area contributed by atoms with Crippen LogP contribution >= 0.6 is 11.6 Å². The van der Waals surface area contributed by atoms with E-state index < -0.39 is 0 Å². The second-order valence-electron chi connectivity index (χ2n) is 6.00. The number of hydrogen-bond acceptors (Lipinski definition) is 4. The molecule has 0 atom stereocenters. The number of benzene rings is 2. The molecule has 1 heterocycles. The number of halogens is 2. The maximum atomic E-state index is 14.0. The smallest absolute Gasteiger partial charge is 0.225 e. The first-order valence-electron chi connectivity index (χ1n) is 8.10. The first-order valence-corrected chi connectivity index (χ1v) is 8.48. The van der Waals surface area contributed by atoms with Gasteiger partial charge in [0.2, 0.25) is 5.95 Å². The summed E-state index contributed by atoms with van der Waals surface area (Å²) in [5.74, 6) is 0.660. The number of aromatic nitrogens is 2. The largest absolute Gasteiger partial charge is 0.351 e.